The van der Waals surface area contributed by atoms with Crippen LogP contribution in [0.5, 0.6) is 0 Å². The Morgan fingerprint density at radius 3 is 2.71 bits per heavy atom. The lowest BCUT2D eigenvalue weighted by Crippen LogP contribution is -2.22. The number of benzene rings is 1. The minimum Gasteiger partial charge on any atom is -0.380 e. The molecule has 0 aliphatic heterocycles. The van der Waals surface area contributed by atoms with Crippen molar-refractivity contribution in [2.75, 3.05) is 20.3 Å². The molecule has 1 atom stereocenters. The van der Waals surface area contributed by atoms with Gasteiger partial charge < -0.3 is 10.1 Å². The molecule has 0 aliphatic rings. The highest BCUT2D eigenvalue weighted by Gasteiger charge is 2.11. The molecule has 78 valence electrons. The average molecular weight is 214 g/mol. The molecule has 0 saturated heterocycles. The van der Waals surface area contributed by atoms with Gasteiger partial charge in [0.05, 0.1) is 12.6 Å². The zero-order chi connectivity index (χ0) is 10.4. The van der Waals surface area contributed by atoms with E-state index in [0.29, 0.717) is 6.61 Å². The number of rotatable bonds is 5. The summed E-state index contributed by atoms with van der Waals surface area (Å²) in [6.07, 6.45) is 0. The van der Waals surface area contributed by atoms with E-state index < -0.39 is 0 Å². The SMILES string of the molecule is CCOCC(NC)c1ccccc1Cl. The van der Waals surface area contributed by atoms with Gasteiger partial charge in [0.25, 0.3) is 0 Å². The molecule has 3 heteroatoms. The van der Waals surface area contributed by atoms with Gasteiger partial charge in [0.2, 0.25) is 0 Å². The minimum atomic E-state index is 0.170. The zero-order valence-electron chi connectivity index (χ0n) is 8.59. The highest BCUT2D eigenvalue weighted by atomic mass is 35.5. The summed E-state index contributed by atoms with van der Waals surface area (Å²) in [4.78, 5) is 0. The van der Waals surface area contributed by atoms with Gasteiger partial charge >= 0.3 is 0 Å². The molecule has 0 amide bonds. The summed E-state index contributed by atoms with van der Waals surface area (Å²) in [5.74, 6) is 0. The first-order valence-electron chi connectivity index (χ1n) is 4.79. The van der Waals surface area contributed by atoms with Gasteiger partial charge in [-0.1, -0.05) is 29.8 Å². The summed E-state index contributed by atoms with van der Waals surface area (Å²) in [5, 5.41) is 3.97. The van der Waals surface area contributed by atoms with Crippen LogP contribution in [0.4, 0.5) is 0 Å². The Kier molecular flexibility index (Phi) is 4.94. The molecule has 14 heavy (non-hydrogen) atoms. The van der Waals surface area contributed by atoms with Crippen LogP contribution in [0.15, 0.2) is 24.3 Å². The molecule has 0 radical (unpaired) electrons. The smallest absolute Gasteiger partial charge is 0.0661 e. The fourth-order valence-electron chi connectivity index (χ4n) is 1.32. The van der Waals surface area contributed by atoms with E-state index in [2.05, 4.69) is 5.32 Å². The van der Waals surface area contributed by atoms with Crippen LogP contribution < -0.4 is 5.32 Å². The van der Waals surface area contributed by atoms with E-state index in [-0.39, 0.29) is 6.04 Å². The second kappa shape index (κ2) is 6.02. The van der Waals surface area contributed by atoms with E-state index in [1.165, 1.54) is 0 Å². The third kappa shape index (κ3) is 2.98. The summed E-state index contributed by atoms with van der Waals surface area (Å²) in [7, 11) is 1.91. The summed E-state index contributed by atoms with van der Waals surface area (Å²) in [6, 6.07) is 8.00. The van der Waals surface area contributed by atoms with Crippen LogP contribution in [0.1, 0.15) is 18.5 Å². The van der Waals surface area contributed by atoms with Crippen LogP contribution in [-0.2, 0) is 4.74 Å². The lowest BCUT2D eigenvalue weighted by Gasteiger charge is -2.17. The van der Waals surface area contributed by atoms with E-state index in [1.807, 2.05) is 38.2 Å². The average Bonchev–Trinajstić information content (AvgIpc) is 2.21. The Labute approximate surface area is 90.2 Å². The van der Waals surface area contributed by atoms with Crippen molar-refractivity contribution < 1.29 is 4.74 Å². The van der Waals surface area contributed by atoms with Crippen molar-refractivity contribution in [2.45, 2.75) is 13.0 Å². The monoisotopic (exact) mass is 213 g/mol. The molecule has 1 aromatic rings. The molecule has 0 spiro atoms. The van der Waals surface area contributed by atoms with Crippen LogP contribution >= 0.6 is 11.6 Å². The fraction of sp³-hybridized carbons (Fsp3) is 0.455. The summed E-state index contributed by atoms with van der Waals surface area (Å²) >= 11 is 6.08. The van der Waals surface area contributed by atoms with Gasteiger partial charge in [-0.15, -0.1) is 0 Å². The molecular weight excluding hydrogens is 198 g/mol. The Morgan fingerprint density at radius 2 is 2.14 bits per heavy atom. The second-order valence-corrected chi connectivity index (χ2v) is 3.43. The largest absolute Gasteiger partial charge is 0.380 e. The topological polar surface area (TPSA) is 21.3 Å². The standard InChI is InChI=1S/C11H16ClNO/c1-3-14-8-11(13-2)9-6-4-5-7-10(9)12/h4-7,11,13H,3,8H2,1-2H3. The van der Waals surface area contributed by atoms with Crippen LogP contribution in [0.25, 0.3) is 0 Å². The van der Waals surface area contributed by atoms with Crippen LogP contribution in [0.2, 0.25) is 5.02 Å². The predicted molar refractivity (Wildman–Crippen MR) is 59.7 cm³/mol. The van der Waals surface area contributed by atoms with Gasteiger partial charge in [-0.2, -0.15) is 0 Å². The quantitative estimate of drug-likeness (QED) is 0.812. The number of halogens is 1. The van der Waals surface area contributed by atoms with Gasteiger partial charge in [0, 0.05) is 11.6 Å². The van der Waals surface area contributed by atoms with E-state index >= 15 is 0 Å². The maximum Gasteiger partial charge on any atom is 0.0661 e. The van der Waals surface area contributed by atoms with Crippen LogP contribution in [0.3, 0.4) is 0 Å². The Bertz CT molecular complexity index is 278. The Hall–Kier alpha value is -0.570. The molecule has 0 heterocycles. The molecule has 1 N–H and O–H groups in total. The highest BCUT2D eigenvalue weighted by Crippen LogP contribution is 2.22. The molecular formula is C11H16ClNO. The summed E-state index contributed by atoms with van der Waals surface area (Å²) in [6.45, 7) is 3.36. The van der Waals surface area contributed by atoms with Gasteiger partial charge in [-0.05, 0) is 25.6 Å². The number of ether oxygens (including phenoxy) is 1. The Balaban J connectivity index is 2.73. The van der Waals surface area contributed by atoms with E-state index in [1.54, 1.807) is 0 Å². The van der Waals surface area contributed by atoms with Crippen molar-refractivity contribution in [3.8, 4) is 0 Å². The molecule has 0 bridgehead atoms. The van der Waals surface area contributed by atoms with Crippen molar-refractivity contribution >= 4 is 11.6 Å². The predicted octanol–water partition coefficient (Wildman–Crippen LogP) is 2.64. The van der Waals surface area contributed by atoms with E-state index in [4.69, 9.17) is 16.3 Å². The fourth-order valence-corrected chi connectivity index (χ4v) is 1.59. The van der Waals surface area contributed by atoms with Crippen molar-refractivity contribution in [2.24, 2.45) is 0 Å². The molecule has 1 unspecified atom stereocenters. The molecule has 0 saturated carbocycles. The molecule has 1 aromatic carbocycles. The van der Waals surface area contributed by atoms with Crippen molar-refractivity contribution in [1.82, 2.24) is 5.32 Å². The third-order valence-corrected chi connectivity index (χ3v) is 2.46. The first-order chi connectivity index (χ1) is 6.79. The van der Waals surface area contributed by atoms with Crippen LogP contribution in [0, 0.1) is 0 Å². The first kappa shape index (κ1) is 11.5. The van der Waals surface area contributed by atoms with E-state index in [0.717, 1.165) is 17.2 Å². The minimum absolute atomic E-state index is 0.170. The second-order valence-electron chi connectivity index (χ2n) is 3.02. The van der Waals surface area contributed by atoms with Gasteiger partial charge in [-0.25, -0.2) is 0 Å². The zero-order valence-corrected chi connectivity index (χ0v) is 9.34. The molecule has 2 nitrogen and oxygen atoms in total. The first-order valence-corrected chi connectivity index (χ1v) is 5.16. The van der Waals surface area contributed by atoms with Crippen molar-refractivity contribution in [3.63, 3.8) is 0 Å². The van der Waals surface area contributed by atoms with E-state index in [9.17, 15) is 0 Å². The molecule has 0 aliphatic carbocycles. The molecule has 1 rings (SSSR count). The van der Waals surface area contributed by atoms with Crippen LogP contribution in [-0.4, -0.2) is 20.3 Å². The van der Waals surface area contributed by atoms with Gasteiger partial charge in [-0.3, -0.25) is 0 Å². The van der Waals surface area contributed by atoms with Crippen molar-refractivity contribution in [3.05, 3.63) is 34.9 Å². The lowest BCUT2D eigenvalue weighted by molar-refractivity contribution is 0.125. The number of hydrogen-bond acceptors (Lipinski definition) is 2. The highest BCUT2D eigenvalue weighted by molar-refractivity contribution is 6.31. The third-order valence-electron chi connectivity index (χ3n) is 2.12. The maximum atomic E-state index is 6.08. The Morgan fingerprint density at radius 1 is 1.43 bits per heavy atom. The summed E-state index contributed by atoms with van der Waals surface area (Å²) in [5.41, 5.74) is 1.09. The number of likely N-dealkylation sites (N-methyl/N-ethyl adjacent to an activating group) is 1. The number of hydrogen-bond donors (Lipinski definition) is 1. The molecule has 0 fully saturated rings. The summed E-state index contributed by atoms with van der Waals surface area (Å²) < 4.78 is 5.37. The van der Waals surface area contributed by atoms with Gasteiger partial charge in [0.15, 0.2) is 0 Å². The number of nitrogens with one attached hydrogen (secondary N) is 1. The van der Waals surface area contributed by atoms with Crippen molar-refractivity contribution in [1.29, 1.82) is 0 Å². The normalized spacial score (nSPS) is 12.8. The maximum absolute atomic E-state index is 6.08. The molecule has 0 aromatic heterocycles. The lowest BCUT2D eigenvalue weighted by atomic mass is 10.1. The van der Waals surface area contributed by atoms with Gasteiger partial charge in [0.1, 0.15) is 0 Å².